The van der Waals surface area contributed by atoms with Gasteiger partial charge in [-0.1, -0.05) is 12.1 Å². The molecular formula is C17H15FN2O4S. The van der Waals surface area contributed by atoms with Crippen molar-refractivity contribution in [3.05, 3.63) is 66.0 Å². The lowest BCUT2D eigenvalue weighted by atomic mass is 10.2. The number of anilines is 1. The number of carbonyl (C=O) groups is 2. The molecule has 2 aromatic rings. The van der Waals surface area contributed by atoms with Gasteiger partial charge in [-0.25, -0.2) is 17.5 Å². The molecule has 0 aliphatic rings. The van der Waals surface area contributed by atoms with E-state index >= 15 is 0 Å². The van der Waals surface area contributed by atoms with Crippen molar-refractivity contribution < 1.29 is 22.4 Å². The second-order valence-electron chi connectivity index (χ2n) is 5.06. The molecule has 2 rings (SSSR count). The molecule has 0 aromatic heterocycles. The minimum Gasteiger partial charge on any atom is -0.326 e. The monoisotopic (exact) mass is 362 g/mol. The highest BCUT2D eigenvalue weighted by Crippen LogP contribution is 2.14. The molecule has 2 N–H and O–H groups in total. The van der Waals surface area contributed by atoms with Gasteiger partial charge in [0.15, 0.2) is 0 Å². The zero-order valence-electron chi connectivity index (χ0n) is 13.2. The molecule has 25 heavy (non-hydrogen) atoms. The third kappa shape index (κ3) is 5.54. The van der Waals surface area contributed by atoms with E-state index in [1.54, 1.807) is 0 Å². The Bertz CT molecular complexity index is 905. The van der Waals surface area contributed by atoms with Gasteiger partial charge in [-0.3, -0.25) is 9.59 Å². The van der Waals surface area contributed by atoms with Gasteiger partial charge in [0.2, 0.25) is 5.91 Å². The number of carbonyl (C=O) groups excluding carboxylic acids is 2. The van der Waals surface area contributed by atoms with Gasteiger partial charge in [0.05, 0.1) is 4.90 Å². The summed E-state index contributed by atoms with van der Waals surface area (Å²) in [6, 6.07) is 10.7. The van der Waals surface area contributed by atoms with E-state index in [9.17, 15) is 22.4 Å². The summed E-state index contributed by atoms with van der Waals surface area (Å²) < 4.78 is 38.9. The number of hydrogen-bond acceptors (Lipinski definition) is 4. The fraction of sp³-hybridized carbons (Fsp3) is 0.0588. The summed E-state index contributed by atoms with van der Waals surface area (Å²) in [5.74, 6) is -1.53. The van der Waals surface area contributed by atoms with E-state index < -0.39 is 21.7 Å². The van der Waals surface area contributed by atoms with E-state index in [1.807, 2.05) is 4.72 Å². The van der Waals surface area contributed by atoms with E-state index in [4.69, 9.17) is 0 Å². The number of hydrogen-bond donors (Lipinski definition) is 2. The smallest absolute Gasteiger partial charge is 0.264 e. The van der Waals surface area contributed by atoms with Gasteiger partial charge in [-0.2, -0.15) is 0 Å². The predicted molar refractivity (Wildman–Crippen MR) is 91.5 cm³/mol. The van der Waals surface area contributed by atoms with E-state index in [0.717, 1.165) is 6.08 Å². The summed E-state index contributed by atoms with van der Waals surface area (Å²) in [5, 5.41) is 2.51. The highest BCUT2D eigenvalue weighted by atomic mass is 32.2. The van der Waals surface area contributed by atoms with E-state index in [2.05, 4.69) is 5.32 Å². The lowest BCUT2D eigenvalue weighted by molar-refractivity contribution is -0.115. The van der Waals surface area contributed by atoms with E-state index in [1.165, 1.54) is 61.5 Å². The molecule has 0 unspecified atom stereocenters. The van der Waals surface area contributed by atoms with Crippen LogP contribution in [0.15, 0.2) is 59.5 Å². The minimum absolute atomic E-state index is 0.120. The minimum atomic E-state index is -4.04. The molecule has 0 aliphatic heterocycles. The van der Waals surface area contributed by atoms with Crippen LogP contribution in [-0.4, -0.2) is 20.2 Å². The first-order valence-electron chi connectivity index (χ1n) is 7.14. The van der Waals surface area contributed by atoms with Crippen molar-refractivity contribution in [3.63, 3.8) is 0 Å². The Morgan fingerprint density at radius 2 is 1.60 bits per heavy atom. The molecule has 0 bridgehead atoms. The zero-order valence-corrected chi connectivity index (χ0v) is 14.0. The van der Waals surface area contributed by atoms with Crippen molar-refractivity contribution in [3.8, 4) is 0 Å². The fourth-order valence-corrected chi connectivity index (χ4v) is 2.84. The number of benzene rings is 2. The maximum Gasteiger partial charge on any atom is 0.264 e. The van der Waals surface area contributed by atoms with Crippen LogP contribution >= 0.6 is 0 Å². The first-order valence-corrected chi connectivity index (χ1v) is 8.63. The molecule has 0 radical (unpaired) electrons. The summed E-state index contributed by atoms with van der Waals surface area (Å²) in [4.78, 5) is 22.6. The van der Waals surface area contributed by atoms with E-state index in [0.29, 0.717) is 11.3 Å². The van der Waals surface area contributed by atoms with Gasteiger partial charge in [-0.15, -0.1) is 0 Å². The fourth-order valence-electron chi connectivity index (χ4n) is 1.89. The Morgan fingerprint density at radius 1 is 1.00 bits per heavy atom. The number of sulfonamides is 1. The Hall–Kier alpha value is -3.00. The van der Waals surface area contributed by atoms with Crippen molar-refractivity contribution in [1.82, 2.24) is 4.72 Å². The van der Waals surface area contributed by atoms with Gasteiger partial charge in [0, 0.05) is 18.7 Å². The van der Waals surface area contributed by atoms with Gasteiger partial charge in [-0.05, 0) is 48.0 Å². The van der Waals surface area contributed by atoms with Crippen molar-refractivity contribution in [1.29, 1.82) is 0 Å². The van der Waals surface area contributed by atoms with Crippen molar-refractivity contribution in [2.24, 2.45) is 0 Å². The van der Waals surface area contributed by atoms with Crippen LogP contribution in [-0.2, 0) is 19.6 Å². The van der Waals surface area contributed by atoms with Crippen LogP contribution in [0, 0.1) is 5.82 Å². The Labute approximate surface area is 144 Å². The maximum absolute atomic E-state index is 12.8. The second-order valence-corrected chi connectivity index (χ2v) is 6.74. The van der Waals surface area contributed by atoms with Crippen LogP contribution in [0.25, 0.3) is 6.08 Å². The standard InChI is InChI=1S/C17H15FN2O4S/c1-12(21)19-15-7-9-16(10-8-15)25(23,24)20-17(22)11-4-13-2-5-14(18)6-3-13/h2-11H,1H3,(H,19,21)(H,20,22)/b11-4+. The molecule has 0 aliphatic carbocycles. The van der Waals surface area contributed by atoms with Crippen LogP contribution in [0.4, 0.5) is 10.1 Å². The van der Waals surface area contributed by atoms with E-state index in [-0.39, 0.29) is 10.8 Å². The normalized spacial score (nSPS) is 11.3. The number of rotatable bonds is 5. The third-order valence-corrected chi connectivity index (χ3v) is 4.38. The summed E-state index contributed by atoms with van der Waals surface area (Å²) in [6.07, 6.45) is 2.40. The van der Waals surface area contributed by atoms with Crippen molar-refractivity contribution >= 4 is 33.6 Å². The number of amides is 2. The molecule has 0 saturated heterocycles. The summed E-state index contributed by atoms with van der Waals surface area (Å²) in [6.45, 7) is 1.33. The highest BCUT2D eigenvalue weighted by molar-refractivity contribution is 7.90. The third-order valence-electron chi connectivity index (χ3n) is 3.02. The average molecular weight is 362 g/mol. The van der Waals surface area contributed by atoms with Crippen molar-refractivity contribution in [2.45, 2.75) is 11.8 Å². The second kappa shape index (κ2) is 7.71. The molecule has 0 atom stereocenters. The van der Waals surface area contributed by atoms with Crippen LogP contribution in [0.1, 0.15) is 12.5 Å². The van der Waals surface area contributed by atoms with Crippen LogP contribution in [0.5, 0.6) is 0 Å². The Morgan fingerprint density at radius 3 is 2.16 bits per heavy atom. The zero-order chi connectivity index (χ0) is 18.4. The molecule has 6 nitrogen and oxygen atoms in total. The SMILES string of the molecule is CC(=O)Nc1ccc(S(=O)(=O)NC(=O)/C=C/c2ccc(F)cc2)cc1. The molecule has 0 heterocycles. The molecule has 130 valence electrons. The molecule has 2 aromatic carbocycles. The van der Waals surface area contributed by atoms with Gasteiger partial charge >= 0.3 is 0 Å². The molecule has 0 spiro atoms. The molecule has 0 saturated carbocycles. The molecule has 2 amide bonds. The van der Waals surface area contributed by atoms with Crippen molar-refractivity contribution in [2.75, 3.05) is 5.32 Å². The summed E-state index contributed by atoms with van der Waals surface area (Å²) >= 11 is 0. The molecular weight excluding hydrogens is 347 g/mol. The van der Waals surface area contributed by atoms with Crippen LogP contribution in [0.3, 0.4) is 0 Å². The largest absolute Gasteiger partial charge is 0.326 e. The number of halogens is 1. The topological polar surface area (TPSA) is 92.3 Å². The lowest BCUT2D eigenvalue weighted by Crippen LogP contribution is -2.28. The quantitative estimate of drug-likeness (QED) is 0.799. The predicted octanol–water partition coefficient (Wildman–Crippen LogP) is 2.30. The maximum atomic E-state index is 12.8. The first-order chi connectivity index (χ1) is 11.8. The summed E-state index contributed by atoms with van der Waals surface area (Å²) in [7, 11) is -4.04. The Kier molecular flexibility index (Phi) is 5.66. The first kappa shape index (κ1) is 18.3. The lowest BCUT2D eigenvalue weighted by Gasteiger charge is -2.06. The van der Waals surface area contributed by atoms with Gasteiger partial charge in [0.25, 0.3) is 15.9 Å². The van der Waals surface area contributed by atoms with Gasteiger partial charge < -0.3 is 5.32 Å². The summed E-state index contributed by atoms with van der Waals surface area (Å²) in [5.41, 5.74) is 0.989. The highest BCUT2D eigenvalue weighted by Gasteiger charge is 2.16. The number of nitrogens with one attached hydrogen (secondary N) is 2. The molecule has 0 fully saturated rings. The molecule has 8 heteroatoms. The average Bonchev–Trinajstić information content (AvgIpc) is 2.54. The van der Waals surface area contributed by atoms with Crippen LogP contribution < -0.4 is 10.0 Å². The Balaban J connectivity index is 2.05. The van der Waals surface area contributed by atoms with Gasteiger partial charge in [0.1, 0.15) is 5.82 Å². The van der Waals surface area contributed by atoms with Crippen LogP contribution in [0.2, 0.25) is 0 Å².